The molecule has 4 nitrogen and oxygen atoms in total. The van der Waals surface area contributed by atoms with Crippen molar-refractivity contribution in [1.29, 1.82) is 0 Å². The van der Waals surface area contributed by atoms with Gasteiger partial charge in [0.2, 0.25) is 5.91 Å². The van der Waals surface area contributed by atoms with Crippen molar-refractivity contribution in [3.05, 3.63) is 0 Å². The molecule has 1 unspecified atom stereocenters. The van der Waals surface area contributed by atoms with E-state index in [-0.39, 0.29) is 12.0 Å². The molecule has 0 bridgehead atoms. The number of nitrogens with one attached hydrogen (secondary N) is 2. The molecule has 0 spiro atoms. The fourth-order valence-electron chi connectivity index (χ4n) is 1.10. The predicted molar refractivity (Wildman–Crippen MR) is 61.9 cm³/mol. The Labute approximate surface area is 92.8 Å². The lowest BCUT2D eigenvalue weighted by atomic mass is 10.2. The van der Waals surface area contributed by atoms with Crippen LogP contribution >= 0.6 is 0 Å². The van der Waals surface area contributed by atoms with Gasteiger partial charge in [0.15, 0.2) is 0 Å². The van der Waals surface area contributed by atoms with Gasteiger partial charge >= 0.3 is 0 Å². The smallest absolute Gasteiger partial charge is 0.220 e. The number of rotatable bonds is 8. The predicted octanol–water partition coefficient (Wildman–Crippen LogP) is 0.916. The first-order valence-corrected chi connectivity index (χ1v) is 5.59. The molecule has 1 amide bonds. The van der Waals surface area contributed by atoms with Gasteiger partial charge in [0, 0.05) is 32.7 Å². The van der Waals surface area contributed by atoms with Gasteiger partial charge in [-0.15, -0.1) is 0 Å². The topological polar surface area (TPSA) is 50.4 Å². The second-order valence-electron chi connectivity index (χ2n) is 4.04. The van der Waals surface area contributed by atoms with Gasteiger partial charge in [0.25, 0.3) is 0 Å². The molecule has 0 aliphatic heterocycles. The lowest BCUT2D eigenvalue weighted by molar-refractivity contribution is -0.121. The average Bonchev–Trinajstić information content (AvgIpc) is 2.20. The maximum Gasteiger partial charge on any atom is 0.220 e. The highest BCUT2D eigenvalue weighted by Crippen LogP contribution is 1.98. The summed E-state index contributed by atoms with van der Waals surface area (Å²) in [5.74, 6) is 0.101. The lowest BCUT2D eigenvalue weighted by Gasteiger charge is -2.10. The van der Waals surface area contributed by atoms with Crippen LogP contribution in [0.3, 0.4) is 0 Å². The number of carbonyl (C=O) groups excluding carboxylic acids is 1. The molecule has 0 radical (unpaired) electrons. The van der Waals surface area contributed by atoms with Crippen LogP contribution < -0.4 is 10.6 Å². The maximum atomic E-state index is 11.3. The molecule has 1 atom stereocenters. The summed E-state index contributed by atoms with van der Waals surface area (Å²) in [6.45, 7) is 7.65. The van der Waals surface area contributed by atoms with Crippen molar-refractivity contribution in [3.8, 4) is 0 Å². The zero-order valence-electron chi connectivity index (χ0n) is 10.3. The van der Waals surface area contributed by atoms with Crippen LogP contribution in [0.1, 0.15) is 33.6 Å². The van der Waals surface area contributed by atoms with Gasteiger partial charge in [-0.05, 0) is 13.3 Å². The highest BCUT2D eigenvalue weighted by atomic mass is 16.5. The molecule has 90 valence electrons. The fourth-order valence-corrected chi connectivity index (χ4v) is 1.10. The molecular weight excluding hydrogens is 192 g/mol. The number of carbonyl (C=O) groups is 1. The number of amides is 1. The van der Waals surface area contributed by atoms with Crippen LogP contribution in [-0.4, -0.2) is 38.3 Å². The van der Waals surface area contributed by atoms with Crippen LogP contribution in [0.15, 0.2) is 0 Å². The van der Waals surface area contributed by atoms with Gasteiger partial charge in [-0.25, -0.2) is 0 Å². The Balaban J connectivity index is 3.34. The summed E-state index contributed by atoms with van der Waals surface area (Å²) >= 11 is 0. The zero-order valence-corrected chi connectivity index (χ0v) is 10.3. The average molecular weight is 216 g/mol. The van der Waals surface area contributed by atoms with Gasteiger partial charge < -0.3 is 15.4 Å². The van der Waals surface area contributed by atoms with Crippen LogP contribution in [0.2, 0.25) is 0 Å². The monoisotopic (exact) mass is 216 g/mol. The van der Waals surface area contributed by atoms with Crippen LogP contribution in [-0.2, 0) is 9.53 Å². The standard InChI is InChI=1S/C11H24N2O2/c1-9(2)12-7-8-13-11(14)6-5-10(3)15-4/h9-10,12H,5-8H2,1-4H3,(H,13,14). The van der Waals surface area contributed by atoms with Gasteiger partial charge in [-0.3, -0.25) is 4.79 Å². The summed E-state index contributed by atoms with van der Waals surface area (Å²) < 4.78 is 5.07. The van der Waals surface area contributed by atoms with Crippen LogP contribution in [0, 0.1) is 0 Å². The SMILES string of the molecule is COC(C)CCC(=O)NCCNC(C)C. The van der Waals surface area contributed by atoms with Crippen molar-refractivity contribution >= 4 is 5.91 Å². The van der Waals surface area contributed by atoms with E-state index in [1.807, 2.05) is 6.92 Å². The minimum atomic E-state index is 0.101. The van der Waals surface area contributed by atoms with E-state index in [9.17, 15) is 4.79 Å². The zero-order chi connectivity index (χ0) is 11.7. The molecule has 0 fully saturated rings. The summed E-state index contributed by atoms with van der Waals surface area (Å²) in [6, 6.07) is 0.468. The van der Waals surface area contributed by atoms with Gasteiger partial charge in [0.1, 0.15) is 0 Å². The van der Waals surface area contributed by atoms with Gasteiger partial charge in [0.05, 0.1) is 6.10 Å². The third kappa shape index (κ3) is 9.69. The molecule has 0 aromatic heterocycles. The first-order chi connectivity index (χ1) is 7.06. The van der Waals surface area contributed by atoms with Crippen LogP contribution in [0.25, 0.3) is 0 Å². The van der Waals surface area contributed by atoms with E-state index < -0.39 is 0 Å². The summed E-state index contributed by atoms with van der Waals surface area (Å²) in [6.07, 6.45) is 1.47. The second kappa shape index (κ2) is 8.68. The minimum Gasteiger partial charge on any atom is -0.382 e. The van der Waals surface area contributed by atoms with Crippen molar-refractivity contribution in [3.63, 3.8) is 0 Å². The minimum absolute atomic E-state index is 0.101. The largest absolute Gasteiger partial charge is 0.382 e. The van der Waals surface area contributed by atoms with E-state index in [0.717, 1.165) is 13.0 Å². The molecule has 0 aliphatic carbocycles. The number of ether oxygens (including phenoxy) is 1. The second-order valence-corrected chi connectivity index (χ2v) is 4.04. The molecule has 2 N–H and O–H groups in total. The highest BCUT2D eigenvalue weighted by Gasteiger charge is 2.04. The third-order valence-corrected chi connectivity index (χ3v) is 2.18. The highest BCUT2D eigenvalue weighted by molar-refractivity contribution is 5.75. The summed E-state index contributed by atoms with van der Waals surface area (Å²) in [5, 5.41) is 6.10. The molecule has 0 aromatic rings. The fraction of sp³-hybridized carbons (Fsp3) is 0.909. The van der Waals surface area contributed by atoms with Gasteiger partial charge in [-0.2, -0.15) is 0 Å². The quantitative estimate of drug-likeness (QED) is 0.593. The maximum absolute atomic E-state index is 11.3. The first-order valence-electron chi connectivity index (χ1n) is 5.59. The van der Waals surface area contributed by atoms with E-state index in [1.165, 1.54) is 0 Å². The van der Waals surface area contributed by atoms with Crippen molar-refractivity contribution in [2.24, 2.45) is 0 Å². The Bertz CT molecular complexity index is 172. The summed E-state index contributed by atoms with van der Waals surface area (Å²) in [7, 11) is 1.66. The Hall–Kier alpha value is -0.610. The normalized spacial score (nSPS) is 12.9. The summed E-state index contributed by atoms with van der Waals surface area (Å²) in [5.41, 5.74) is 0. The van der Waals surface area contributed by atoms with Crippen molar-refractivity contribution in [1.82, 2.24) is 10.6 Å². The molecular formula is C11H24N2O2. The van der Waals surface area contributed by atoms with Crippen LogP contribution in [0.4, 0.5) is 0 Å². The van der Waals surface area contributed by atoms with E-state index in [4.69, 9.17) is 4.74 Å². The molecule has 0 rings (SSSR count). The van der Waals surface area contributed by atoms with E-state index >= 15 is 0 Å². The lowest BCUT2D eigenvalue weighted by Crippen LogP contribution is -2.34. The van der Waals surface area contributed by atoms with E-state index in [1.54, 1.807) is 7.11 Å². The molecule has 4 heteroatoms. The molecule has 0 aromatic carbocycles. The van der Waals surface area contributed by atoms with Crippen molar-refractivity contribution in [2.45, 2.75) is 45.8 Å². The Kier molecular flexibility index (Phi) is 8.33. The Morgan fingerprint density at radius 1 is 1.27 bits per heavy atom. The van der Waals surface area contributed by atoms with Crippen molar-refractivity contribution in [2.75, 3.05) is 20.2 Å². The first kappa shape index (κ1) is 14.4. The van der Waals surface area contributed by atoms with Crippen molar-refractivity contribution < 1.29 is 9.53 Å². The van der Waals surface area contributed by atoms with Gasteiger partial charge in [-0.1, -0.05) is 13.8 Å². The molecule has 0 saturated carbocycles. The Morgan fingerprint density at radius 3 is 2.47 bits per heavy atom. The number of hydrogen-bond acceptors (Lipinski definition) is 3. The molecule has 0 aliphatic rings. The Morgan fingerprint density at radius 2 is 1.93 bits per heavy atom. The van der Waals surface area contributed by atoms with Crippen LogP contribution in [0.5, 0.6) is 0 Å². The molecule has 0 saturated heterocycles. The molecule has 15 heavy (non-hydrogen) atoms. The summed E-state index contributed by atoms with van der Waals surface area (Å²) in [4.78, 5) is 11.3. The third-order valence-electron chi connectivity index (χ3n) is 2.18. The van der Waals surface area contributed by atoms with E-state index in [2.05, 4.69) is 24.5 Å². The number of hydrogen-bond donors (Lipinski definition) is 2. The van der Waals surface area contributed by atoms with E-state index in [0.29, 0.717) is 19.0 Å². The molecule has 0 heterocycles. The number of methoxy groups -OCH3 is 1.